The van der Waals surface area contributed by atoms with Crippen LogP contribution in [0, 0.1) is 6.92 Å². The van der Waals surface area contributed by atoms with Crippen molar-refractivity contribution < 1.29 is 9.53 Å². The number of benzene rings is 1. The molecule has 1 aromatic carbocycles. The number of amides is 1. The molecule has 0 radical (unpaired) electrons. The average molecular weight is 404 g/mol. The van der Waals surface area contributed by atoms with E-state index in [-0.39, 0.29) is 24.4 Å². The van der Waals surface area contributed by atoms with Crippen molar-refractivity contribution in [1.82, 2.24) is 15.2 Å². The van der Waals surface area contributed by atoms with Crippen LogP contribution in [-0.4, -0.2) is 42.5 Å². The number of pyridine rings is 1. The number of aryl methyl sites for hydroxylation is 1. The second kappa shape index (κ2) is 8.25. The molecule has 4 rings (SSSR count). The Morgan fingerprint density at radius 3 is 2.96 bits per heavy atom. The van der Waals surface area contributed by atoms with Crippen LogP contribution >= 0.6 is 23.7 Å². The van der Waals surface area contributed by atoms with E-state index in [0.717, 1.165) is 44.9 Å². The van der Waals surface area contributed by atoms with Crippen LogP contribution in [0.4, 0.5) is 0 Å². The minimum atomic E-state index is 0. The van der Waals surface area contributed by atoms with Gasteiger partial charge in [0.15, 0.2) is 0 Å². The summed E-state index contributed by atoms with van der Waals surface area (Å²) in [5.74, 6) is 0.908. The van der Waals surface area contributed by atoms with Gasteiger partial charge >= 0.3 is 0 Å². The molecule has 1 atom stereocenters. The molecule has 142 valence electrons. The average Bonchev–Trinajstić information content (AvgIpc) is 3.04. The number of methoxy groups -OCH3 is 1. The maximum atomic E-state index is 13.4. The zero-order chi connectivity index (χ0) is 18.1. The van der Waals surface area contributed by atoms with E-state index in [1.165, 1.54) is 0 Å². The highest BCUT2D eigenvalue weighted by Crippen LogP contribution is 2.35. The van der Waals surface area contributed by atoms with Crippen molar-refractivity contribution in [1.29, 1.82) is 0 Å². The van der Waals surface area contributed by atoms with E-state index in [4.69, 9.17) is 4.74 Å². The van der Waals surface area contributed by atoms with Crippen LogP contribution in [-0.2, 0) is 0 Å². The van der Waals surface area contributed by atoms with E-state index in [1.807, 2.05) is 48.4 Å². The number of carbonyl (C=O) groups is 1. The molecule has 3 aromatic rings. The molecule has 1 saturated heterocycles. The number of nitrogens with zero attached hydrogens (tertiary/aromatic N) is 2. The number of piperazine rings is 1. The third-order valence-corrected chi connectivity index (χ3v) is 6.17. The second-order valence-corrected chi connectivity index (χ2v) is 7.48. The van der Waals surface area contributed by atoms with Crippen LogP contribution in [0.2, 0.25) is 0 Å². The summed E-state index contributed by atoms with van der Waals surface area (Å²) in [5.41, 5.74) is 2.09. The van der Waals surface area contributed by atoms with Crippen LogP contribution in [0.3, 0.4) is 0 Å². The van der Waals surface area contributed by atoms with Gasteiger partial charge in [0.2, 0.25) is 0 Å². The van der Waals surface area contributed by atoms with E-state index in [2.05, 4.69) is 10.3 Å². The fourth-order valence-electron chi connectivity index (χ4n) is 3.48. The zero-order valence-electron chi connectivity index (χ0n) is 15.3. The van der Waals surface area contributed by atoms with Gasteiger partial charge in [-0.2, -0.15) is 0 Å². The maximum Gasteiger partial charge on any atom is 0.264 e. The van der Waals surface area contributed by atoms with Crippen LogP contribution in [0.1, 0.15) is 26.8 Å². The molecule has 27 heavy (non-hydrogen) atoms. The molecular weight excluding hydrogens is 382 g/mol. The van der Waals surface area contributed by atoms with E-state index >= 15 is 0 Å². The van der Waals surface area contributed by atoms with E-state index in [1.54, 1.807) is 24.6 Å². The van der Waals surface area contributed by atoms with E-state index < -0.39 is 0 Å². The number of halogens is 1. The standard InChI is InChI=1S/C20H21N3O2S.ClH/c1-13-16-10-15(25-2)5-6-18(16)26-19(13)20(24)23-9-8-22-12-17(23)14-4-3-7-21-11-14;/h3-7,10-11,17,22H,8-9,12H2,1-2H3;1H. The Bertz CT molecular complexity index is 945. The third kappa shape index (κ3) is 3.65. The van der Waals surface area contributed by atoms with Crippen LogP contribution in [0.5, 0.6) is 5.75 Å². The smallest absolute Gasteiger partial charge is 0.264 e. The molecule has 1 N–H and O–H groups in total. The first-order valence-electron chi connectivity index (χ1n) is 8.68. The summed E-state index contributed by atoms with van der Waals surface area (Å²) in [6, 6.07) is 9.93. The van der Waals surface area contributed by atoms with Gasteiger partial charge in [0.1, 0.15) is 5.75 Å². The van der Waals surface area contributed by atoms with Gasteiger partial charge in [-0.25, -0.2) is 0 Å². The van der Waals surface area contributed by atoms with Crippen molar-refractivity contribution in [2.75, 3.05) is 26.7 Å². The second-order valence-electron chi connectivity index (χ2n) is 6.42. The van der Waals surface area contributed by atoms with Crippen LogP contribution in [0.25, 0.3) is 10.1 Å². The molecular formula is C20H22ClN3O2S. The first kappa shape index (κ1) is 19.6. The summed E-state index contributed by atoms with van der Waals surface area (Å²) >= 11 is 1.56. The summed E-state index contributed by atoms with van der Waals surface area (Å²) < 4.78 is 6.44. The molecule has 0 spiro atoms. The Morgan fingerprint density at radius 2 is 2.22 bits per heavy atom. The maximum absolute atomic E-state index is 13.4. The molecule has 1 aliphatic rings. The number of carbonyl (C=O) groups excluding carboxylic acids is 1. The number of ether oxygens (including phenoxy) is 1. The molecule has 1 unspecified atom stereocenters. The van der Waals surface area contributed by atoms with Crippen molar-refractivity contribution in [3.63, 3.8) is 0 Å². The number of rotatable bonds is 3. The molecule has 5 nitrogen and oxygen atoms in total. The molecule has 0 saturated carbocycles. The van der Waals surface area contributed by atoms with E-state index in [0.29, 0.717) is 6.54 Å². The number of hydrogen-bond acceptors (Lipinski definition) is 5. The number of hydrogen-bond donors (Lipinski definition) is 1. The normalized spacial score (nSPS) is 16.8. The Morgan fingerprint density at radius 1 is 1.37 bits per heavy atom. The molecule has 0 aliphatic carbocycles. The van der Waals surface area contributed by atoms with Crippen molar-refractivity contribution in [2.24, 2.45) is 0 Å². The fraction of sp³-hybridized carbons (Fsp3) is 0.300. The molecule has 7 heteroatoms. The molecule has 1 aliphatic heterocycles. The van der Waals surface area contributed by atoms with E-state index in [9.17, 15) is 4.79 Å². The van der Waals surface area contributed by atoms with Gasteiger partial charge in [-0.15, -0.1) is 23.7 Å². The predicted molar refractivity (Wildman–Crippen MR) is 111 cm³/mol. The first-order valence-corrected chi connectivity index (χ1v) is 9.49. The minimum Gasteiger partial charge on any atom is -0.497 e. The number of aromatic nitrogens is 1. The predicted octanol–water partition coefficient (Wildman–Crippen LogP) is 3.82. The lowest BCUT2D eigenvalue weighted by Crippen LogP contribution is -2.48. The molecule has 1 fully saturated rings. The topological polar surface area (TPSA) is 54.5 Å². The molecule has 2 aromatic heterocycles. The Kier molecular flexibility index (Phi) is 5.99. The highest BCUT2D eigenvalue weighted by Gasteiger charge is 2.30. The summed E-state index contributed by atoms with van der Waals surface area (Å²) in [4.78, 5) is 20.4. The SMILES string of the molecule is COc1ccc2sc(C(=O)N3CCNCC3c3cccnc3)c(C)c2c1.Cl. The Labute approximate surface area is 168 Å². The van der Waals surface area contributed by atoms with Crippen molar-refractivity contribution in [3.8, 4) is 5.75 Å². The van der Waals surface area contributed by atoms with Gasteiger partial charge in [0, 0.05) is 36.7 Å². The monoisotopic (exact) mass is 403 g/mol. The summed E-state index contributed by atoms with van der Waals surface area (Å²) in [7, 11) is 1.66. The minimum absolute atomic E-state index is 0. The fourth-order valence-corrected chi connectivity index (χ4v) is 4.63. The van der Waals surface area contributed by atoms with Gasteiger partial charge in [0.25, 0.3) is 5.91 Å². The van der Waals surface area contributed by atoms with Gasteiger partial charge in [0.05, 0.1) is 18.0 Å². The lowest BCUT2D eigenvalue weighted by molar-refractivity contribution is 0.0638. The molecule has 1 amide bonds. The zero-order valence-corrected chi connectivity index (χ0v) is 16.9. The van der Waals surface area contributed by atoms with Gasteiger partial charge in [-0.05, 0) is 47.7 Å². The molecule has 3 heterocycles. The quantitative estimate of drug-likeness (QED) is 0.722. The number of nitrogens with one attached hydrogen (secondary N) is 1. The van der Waals surface area contributed by atoms with Gasteiger partial charge < -0.3 is 15.0 Å². The summed E-state index contributed by atoms with van der Waals surface area (Å²) in [5, 5.41) is 4.48. The Hall–Kier alpha value is -2.15. The largest absolute Gasteiger partial charge is 0.497 e. The van der Waals surface area contributed by atoms with Crippen molar-refractivity contribution >= 4 is 39.7 Å². The highest BCUT2D eigenvalue weighted by atomic mass is 35.5. The summed E-state index contributed by atoms with van der Waals surface area (Å²) in [6.45, 7) is 4.26. The Balaban J connectivity index is 0.00000210. The van der Waals surface area contributed by atoms with Crippen LogP contribution in [0.15, 0.2) is 42.7 Å². The number of fused-ring (bicyclic) bond motifs is 1. The first-order chi connectivity index (χ1) is 12.7. The van der Waals surface area contributed by atoms with Gasteiger partial charge in [-0.3, -0.25) is 9.78 Å². The highest BCUT2D eigenvalue weighted by molar-refractivity contribution is 7.21. The third-order valence-electron chi connectivity index (χ3n) is 4.91. The van der Waals surface area contributed by atoms with Gasteiger partial charge in [-0.1, -0.05) is 6.07 Å². The van der Waals surface area contributed by atoms with Crippen LogP contribution < -0.4 is 10.1 Å². The molecule has 0 bridgehead atoms. The van der Waals surface area contributed by atoms with Crippen molar-refractivity contribution in [2.45, 2.75) is 13.0 Å². The number of thiophene rings is 1. The summed E-state index contributed by atoms with van der Waals surface area (Å²) in [6.07, 6.45) is 3.61. The lowest BCUT2D eigenvalue weighted by Gasteiger charge is -2.36. The lowest BCUT2D eigenvalue weighted by atomic mass is 10.0. The van der Waals surface area contributed by atoms with Crippen molar-refractivity contribution in [3.05, 3.63) is 58.7 Å².